The zero-order chi connectivity index (χ0) is 24.8. The largest absolute Gasteiger partial charge is 0.469 e. The summed E-state index contributed by atoms with van der Waals surface area (Å²) in [5.41, 5.74) is 0.496. The molecule has 0 radical (unpaired) electrons. The number of ketones is 1. The first-order valence-electron chi connectivity index (χ1n) is 14.6. The molecule has 0 amide bonds. The molecule has 0 N–H and O–H groups in total. The van der Waals surface area contributed by atoms with Gasteiger partial charge in [-0.15, -0.1) is 0 Å². The number of methoxy groups -OCH3 is 1. The van der Waals surface area contributed by atoms with Gasteiger partial charge in [-0.25, -0.2) is 0 Å². The van der Waals surface area contributed by atoms with Crippen LogP contribution in [-0.4, -0.2) is 37.9 Å². The maximum atomic E-state index is 13.8. The number of esters is 1. The summed E-state index contributed by atoms with van der Waals surface area (Å²) < 4.78 is 17.2. The lowest BCUT2D eigenvalue weighted by molar-refractivity contribution is -0.211. The van der Waals surface area contributed by atoms with Gasteiger partial charge in [-0.2, -0.15) is 0 Å². The second kappa shape index (κ2) is 10.1. The van der Waals surface area contributed by atoms with Gasteiger partial charge in [0.1, 0.15) is 5.78 Å². The van der Waals surface area contributed by atoms with E-state index in [9.17, 15) is 9.59 Å². The molecular formula is C30H48O5. The van der Waals surface area contributed by atoms with E-state index in [1.165, 1.54) is 45.6 Å². The van der Waals surface area contributed by atoms with Gasteiger partial charge in [-0.05, 0) is 111 Å². The Hall–Kier alpha value is -0.940. The number of carbonyl (C=O) groups is 2. The van der Waals surface area contributed by atoms with Crippen LogP contribution < -0.4 is 0 Å². The monoisotopic (exact) mass is 488 g/mol. The summed E-state index contributed by atoms with van der Waals surface area (Å²) >= 11 is 0. The van der Waals surface area contributed by atoms with E-state index in [1.807, 2.05) is 0 Å². The second-order valence-electron chi connectivity index (χ2n) is 13.3. The Kier molecular flexibility index (Phi) is 7.40. The van der Waals surface area contributed by atoms with E-state index in [0.717, 1.165) is 45.1 Å². The summed E-state index contributed by atoms with van der Waals surface area (Å²) in [6.07, 6.45) is 13.9. The van der Waals surface area contributed by atoms with Crippen LogP contribution in [0.2, 0.25) is 0 Å². The molecule has 5 fully saturated rings. The average Bonchev–Trinajstić information content (AvgIpc) is 3.21. The van der Waals surface area contributed by atoms with Crippen molar-refractivity contribution in [1.29, 1.82) is 0 Å². The van der Waals surface area contributed by atoms with Crippen molar-refractivity contribution in [3.05, 3.63) is 0 Å². The van der Waals surface area contributed by atoms with E-state index in [2.05, 4.69) is 20.8 Å². The van der Waals surface area contributed by atoms with Crippen molar-refractivity contribution >= 4 is 11.8 Å². The van der Waals surface area contributed by atoms with Crippen molar-refractivity contribution in [2.24, 2.45) is 46.3 Å². The Balaban J connectivity index is 1.27. The molecule has 5 heteroatoms. The molecule has 198 valence electrons. The smallest absolute Gasteiger partial charge is 0.305 e. The van der Waals surface area contributed by atoms with Gasteiger partial charge in [0, 0.05) is 25.4 Å². The third-order valence-corrected chi connectivity index (χ3v) is 11.7. The summed E-state index contributed by atoms with van der Waals surface area (Å²) in [5, 5.41) is 0. The summed E-state index contributed by atoms with van der Waals surface area (Å²) in [5.74, 6) is 3.30. The third-order valence-electron chi connectivity index (χ3n) is 11.7. The number of Topliss-reactive ketones (excluding diaryl/α,β-unsaturated/α-hetero) is 1. The van der Waals surface area contributed by atoms with Crippen molar-refractivity contribution in [2.45, 2.75) is 117 Å². The highest BCUT2D eigenvalue weighted by Crippen LogP contribution is 2.67. The number of hydrogen-bond donors (Lipinski definition) is 0. The molecule has 10 atom stereocenters. The number of ether oxygens (including phenoxy) is 3. The normalized spacial score (nSPS) is 46.3. The lowest BCUT2D eigenvalue weighted by Crippen LogP contribution is -2.57. The highest BCUT2D eigenvalue weighted by molar-refractivity contribution is 5.83. The second-order valence-corrected chi connectivity index (χ2v) is 13.3. The molecule has 5 aliphatic rings. The van der Waals surface area contributed by atoms with Crippen LogP contribution in [0, 0.1) is 46.3 Å². The fraction of sp³-hybridized carbons (Fsp3) is 0.933. The number of hydrogen-bond acceptors (Lipinski definition) is 5. The number of fused-ring (bicyclic) bond motifs is 5. The maximum Gasteiger partial charge on any atom is 0.305 e. The van der Waals surface area contributed by atoms with Crippen LogP contribution >= 0.6 is 0 Å². The Morgan fingerprint density at radius 2 is 1.83 bits per heavy atom. The van der Waals surface area contributed by atoms with E-state index >= 15 is 0 Å². The first-order chi connectivity index (χ1) is 16.8. The molecule has 0 spiro atoms. The molecule has 1 saturated heterocycles. The lowest BCUT2D eigenvalue weighted by atomic mass is 9.44. The summed E-state index contributed by atoms with van der Waals surface area (Å²) in [4.78, 5) is 25.6. The van der Waals surface area contributed by atoms with Gasteiger partial charge in [0.25, 0.3) is 0 Å². The molecule has 1 heterocycles. The highest BCUT2D eigenvalue weighted by Gasteiger charge is 2.63. The minimum Gasteiger partial charge on any atom is -0.469 e. The molecule has 0 aromatic rings. The standard InChI is InChI=1S/C30H48O5/c1-19(8-11-26(32)33-4)22-9-10-23-28-24(13-15-30(22,23)3)29(2)14-12-21(17-20(29)18-25(28)31)35-27-7-5-6-16-34-27/h19-24,27-28H,5-18H2,1-4H3/t19-,20+,21-,22-,23-,24-,27-,28+,29+,30-/m1/s1. The summed E-state index contributed by atoms with van der Waals surface area (Å²) in [6.45, 7) is 8.15. The van der Waals surface area contributed by atoms with Gasteiger partial charge < -0.3 is 14.2 Å². The molecule has 4 saturated carbocycles. The minimum atomic E-state index is -0.101. The average molecular weight is 489 g/mol. The van der Waals surface area contributed by atoms with Crippen molar-refractivity contribution in [3.63, 3.8) is 0 Å². The topological polar surface area (TPSA) is 61.8 Å². The first-order valence-corrected chi connectivity index (χ1v) is 14.6. The zero-order valence-electron chi connectivity index (χ0n) is 22.6. The molecule has 1 aliphatic heterocycles. The molecule has 4 aliphatic carbocycles. The fourth-order valence-corrected chi connectivity index (χ4v) is 9.67. The molecule has 35 heavy (non-hydrogen) atoms. The van der Waals surface area contributed by atoms with Gasteiger partial charge in [-0.1, -0.05) is 20.8 Å². The van der Waals surface area contributed by atoms with Crippen molar-refractivity contribution < 1.29 is 23.8 Å². The fourth-order valence-electron chi connectivity index (χ4n) is 9.67. The van der Waals surface area contributed by atoms with Gasteiger partial charge in [-0.3, -0.25) is 9.59 Å². The predicted molar refractivity (Wildman–Crippen MR) is 134 cm³/mol. The molecule has 0 aromatic carbocycles. The molecule has 0 unspecified atom stereocenters. The molecule has 5 nitrogen and oxygen atoms in total. The summed E-state index contributed by atoms with van der Waals surface area (Å²) in [7, 11) is 1.48. The van der Waals surface area contributed by atoms with Gasteiger partial charge in [0.15, 0.2) is 6.29 Å². The van der Waals surface area contributed by atoms with Crippen LogP contribution in [0.5, 0.6) is 0 Å². The van der Waals surface area contributed by atoms with E-state index < -0.39 is 0 Å². The van der Waals surface area contributed by atoms with Crippen LogP contribution in [0.15, 0.2) is 0 Å². The summed E-state index contributed by atoms with van der Waals surface area (Å²) in [6, 6.07) is 0. The van der Waals surface area contributed by atoms with Crippen LogP contribution in [0.3, 0.4) is 0 Å². The van der Waals surface area contributed by atoms with Crippen LogP contribution in [0.4, 0.5) is 0 Å². The van der Waals surface area contributed by atoms with Crippen molar-refractivity contribution in [3.8, 4) is 0 Å². The molecule has 0 aromatic heterocycles. The Labute approximate surface area is 212 Å². The SMILES string of the molecule is COC(=O)CC[C@@H](C)[C@H]1CC[C@@H]2[C@@H]3C(=O)C[C@@H]4C[C@H](O[C@@H]5CCCCO5)CC[C@]4(C)[C@@H]3CC[C@@]21C. The molecule has 0 bridgehead atoms. The van der Waals surface area contributed by atoms with E-state index in [-0.39, 0.29) is 35.1 Å². The third kappa shape index (κ3) is 4.62. The zero-order valence-corrected chi connectivity index (χ0v) is 22.6. The first kappa shape index (κ1) is 25.7. The van der Waals surface area contributed by atoms with Gasteiger partial charge in [0.05, 0.1) is 13.2 Å². The predicted octanol–water partition coefficient (Wildman–Crippen LogP) is 6.33. The van der Waals surface area contributed by atoms with Gasteiger partial charge >= 0.3 is 5.97 Å². The lowest BCUT2D eigenvalue weighted by Gasteiger charge is -2.60. The van der Waals surface area contributed by atoms with Gasteiger partial charge in [0.2, 0.25) is 0 Å². The highest BCUT2D eigenvalue weighted by atomic mass is 16.7. The minimum absolute atomic E-state index is 0.0304. The Morgan fingerprint density at radius 1 is 1.06 bits per heavy atom. The van der Waals surface area contributed by atoms with E-state index in [4.69, 9.17) is 14.2 Å². The van der Waals surface area contributed by atoms with E-state index in [1.54, 1.807) is 0 Å². The quantitative estimate of drug-likeness (QED) is 0.323. The number of rotatable bonds is 6. The Morgan fingerprint density at radius 3 is 2.57 bits per heavy atom. The Bertz CT molecular complexity index is 790. The van der Waals surface area contributed by atoms with Crippen molar-refractivity contribution in [1.82, 2.24) is 0 Å². The number of carbonyl (C=O) groups excluding carboxylic acids is 2. The molecule has 5 rings (SSSR count). The maximum absolute atomic E-state index is 13.8. The van der Waals surface area contributed by atoms with Crippen LogP contribution in [-0.2, 0) is 23.8 Å². The molecular weight excluding hydrogens is 440 g/mol. The van der Waals surface area contributed by atoms with Crippen LogP contribution in [0.25, 0.3) is 0 Å². The van der Waals surface area contributed by atoms with E-state index in [0.29, 0.717) is 41.8 Å². The van der Waals surface area contributed by atoms with Crippen LogP contribution in [0.1, 0.15) is 104 Å². The van der Waals surface area contributed by atoms with Crippen molar-refractivity contribution in [2.75, 3.05) is 13.7 Å².